The Kier molecular flexibility index (Phi) is 34.8. The van der Waals surface area contributed by atoms with E-state index in [0.29, 0.717) is 0 Å². The van der Waals surface area contributed by atoms with Crippen LogP contribution >= 0.6 is 0 Å². The Balaban J connectivity index is 0. The summed E-state index contributed by atoms with van der Waals surface area (Å²) in [5.41, 5.74) is 0. The standard InChI is InChI=1S/2C8H17.4C4H9.O.2Sn/c2*1-3-5-7-8-6-4-2;4*1-3-4-2;;;/h2*1,3-8H2,2H3;4*1,3-4H2,2H3;;;. The van der Waals surface area contributed by atoms with Crippen LogP contribution in [-0.4, -0.2) is 38.1 Å². The van der Waals surface area contributed by atoms with Crippen LogP contribution < -0.4 is 0 Å². The van der Waals surface area contributed by atoms with Gasteiger partial charge in [0.1, 0.15) is 0 Å². The summed E-state index contributed by atoms with van der Waals surface area (Å²) in [4.78, 5) is 0. The predicted octanol–water partition coefficient (Wildman–Crippen LogP) is 12.8. The first-order valence-corrected chi connectivity index (χ1v) is 29.8. The zero-order chi connectivity index (χ0) is 26.5. The summed E-state index contributed by atoms with van der Waals surface area (Å²) in [6, 6.07) is 0. The molecule has 0 aromatic rings. The van der Waals surface area contributed by atoms with Gasteiger partial charge in [-0.3, -0.25) is 0 Å². The van der Waals surface area contributed by atoms with Gasteiger partial charge in [-0.25, -0.2) is 0 Å². The molecule has 3 heteroatoms. The Morgan fingerprint density at radius 2 is 0.629 bits per heavy atom. The molecule has 0 saturated carbocycles. The molecule has 0 aromatic heterocycles. The maximum absolute atomic E-state index is 11.9. The molecule has 0 aliphatic heterocycles. The molecule has 0 unspecified atom stereocenters. The molecule has 0 fully saturated rings. The predicted molar refractivity (Wildman–Crippen MR) is 167 cm³/mol. The van der Waals surface area contributed by atoms with Crippen LogP contribution in [0.4, 0.5) is 0 Å². The van der Waals surface area contributed by atoms with Gasteiger partial charge in [0.15, 0.2) is 0 Å². The third-order valence-electron chi connectivity index (χ3n) is 7.86. The fourth-order valence-corrected chi connectivity index (χ4v) is 26.6. The van der Waals surface area contributed by atoms with Crippen molar-refractivity contribution < 1.29 is 3.08 Å². The van der Waals surface area contributed by atoms with Crippen LogP contribution in [0.3, 0.4) is 0 Å². The van der Waals surface area contributed by atoms with Crippen molar-refractivity contribution in [3.8, 4) is 0 Å². The van der Waals surface area contributed by atoms with Crippen molar-refractivity contribution in [1.29, 1.82) is 0 Å². The number of hydrogen-bond acceptors (Lipinski definition) is 1. The Bertz CT molecular complexity index is 355. The van der Waals surface area contributed by atoms with Crippen molar-refractivity contribution in [1.82, 2.24) is 0 Å². The van der Waals surface area contributed by atoms with E-state index < -0.39 is 38.1 Å². The molecule has 0 amide bonds. The molecule has 0 aliphatic rings. The first-order chi connectivity index (χ1) is 17.1. The Hall–Kier alpha value is 1.40. The molecule has 0 aromatic carbocycles. The van der Waals surface area contributed by atoms with Gasteiger partial charge in [-0.2, -0.15) is 0 Å². The summed E-state index contributed by atoms with van der Waals surface area (Å²) in [7, 11) is 0. The van der Waals surface area contributed by atoms with E-state index in [4.69, 9.17) is 0 Å². The molecule has 0 atom stereocenters. The van der Waals surface area contributed by atoms with E-state index in [2.05, 4.69) is 41.5 Å². The van der Waals surface area contributed by atoms with Crippen LogP contribution in [0.2, 0.25) is 26.6 Å². The summed E-state index contributed by atoms with van der Waals surface area (Å²) >= 11 is -3.80. The van der Waals surface area contributed by atoms with Gasteiger partial charge in [0.25, 0.3) is 0 Å². The first-order valence-electron chi connectivity index (χ1n) is 16.6. The average Bonchev–Trinajstić information content (AvgIpc) is 2.87. The number of hydrogen-bond donors (Lipinski definition) is 0. The Morgan fingerprint density at radius 3 is 0.914 bits per heavy atom. The van der Waals surface area contributed by atoms with Crippen LogP contribution in [-0.2, 0) is 3.08 Å². The molecule has 0 aliphatic carbocycles. The van der Waals surface area contributed by atoms with Crippen LogP contribution in [0.15, 0.2) is 0 Å². The Labute approximate surface area is 236 Å². The second kappa shape index (κ2) is 31.6. The monoisotopic (exact) mass is 710 g/mol. The van der Waals surface area contributed by atoms with E-state index in [9.17, 15) is 3.08 Å². The summed E-state index contributed by atoms with van der Waals surface area (Å²) in [6.45, 7) is 14.0. The molecular weight excluding hydrogens is 638 g/mol. The van der Waals surface area contributed by atoms with E-state index >= 15 is 0 Å². The zero-order valence-corrected chi connectivity index (χ0v) is 31.5. The quantitative estimate of drug-likeness (QED) is 0.0646. The topological polar surface area (TPSA) is 17.1 Å². The molecule has 0 spiro atoms. The van der Waals surface area contributed by atoms with E-state index in [0.717, 1.165) is 8.87 Å². The van der Waals surface area contributed by atoms with Crippen molar-refractivity contribution in [2.75, 3.05) is 0 Å². The second-order valence-electron chi connectivity index (χ2n) is 11.5. The fraction of sp³-hybridized carbons (Fsp3) is 1.00. The molecule has 0 heterocycles. The third kappa shape index (κ3) is 28.2. The Morgan fingerprint density at radius 1 is 0.371 bits per heavy atom. The van der Waals surface area contributed by atoms with Crippen LogP contribution in [0.5, 0.6) is 0 Å². The number of unbranched alkanes of at least 4 members (excludes halogenated alkanes) is 14. The van der Waals surface area contributed by atoms with E-state index in [1.54, 1.807) is 17.7 Å². The minimum absolute atomic E-state index is 1.11. The van der Waals surface area contributed by atoms with Crippen LogP contribution in [0.25, 0.3) is 0 Å². The van der Waals surface area contributed by atoms with Crippen LogP contribution in [0, 0.1) is 0 Å². The van der Waals surface area contributed by atoms with Crippen molar-refractivity contribution in [3.63, 3.8) is 0 Å². The van der Waals surface area contributed by atoms with Gasteiger partial charge in [-0.1, -0.05) is 0 Å². The van der Waals surface area contributed by atoms with Crippen molar-refractivity contribution in [2.45, 2.75) is 197 Å². The van der Waals surface area contributed by atoms with Gasteiger partial charge in [-0.05, 0) is 0 Å². The molecule has 1 nitrogen and oxygen atoms in total. The van der Waals surface area contributed by atoms with Gasteiger partial charge in [-0.15, -0.1) is 0 Å². The first kappa shape index (κ1) is 38.5. The maximum atomic E-state index is 11.9. The van der Waals surface area contributed by atoms with Crippen molar-refractivity contribution in [3.05, 3.63) is 0 Å². The molecule has 35 heavy (non-hydrogen) atoms. The summed E-state index contributed by atoms with van der Waals surface area (Å²) in [6.07, 6.45) is 27.8. The van der Waals surface area contributed by atoms with Gasteiger partial charge in [0, 0.05) is 0 Å². The average molecular weight is 708 g/mol. The second-order valence-corrected chi connectivity index (χ2v) is 31.7. The van der Waals surface area contributed by atoms with Crippen LogP contribution in [0.1, 0.15) is 170 Å². The summed E-state index contributed by atoms with van der Waals surface area (Å²) in [5, 5.41) is 0. The molecule has 0 saturated heterocycles. The van der Waals surface area contributed by atoms with Gasteiger partial charge in [0.2, 0.25) is 0 Å². The molecule has 212 valence electrons. The van der Waals surface area contributed by atoms with Gasteiger partial charge >= 0.3 is 238 Å². The molecule has 0 N–H and O–H groups in total. The molecule has 0 radical (unpaired) electrons. The minimum atomic E-state index is -2.11. The zero-order valence-electron chi connectivity index (χ0n) is 25.8. The number of rotatable bonds is 26. The van der Waals surface area contributed by atoms with Crippen molar-refractivity contribution in [2.24, 2.45) is 0 Å². The molecule has 0 rings (SSSR count). The fourth-order valence-electron chi connectivity index (χ4n) is 5.29. The SMILES string of the molecule is CCCCCCC[CH2][Sn](=[O])[CH2]CCCCCCC.CCC[CH2][Sn]([CH2]CCC)([CH2]CCC)[CH2]CCC. The summed E-state index contributed by atoms with van der Waals surface area (Å²) < 4.78 is 20.9. The third-order valence-corrected chi connectivity index (χ3v) is 29.2. The van der Waals surface area contributed by atoms with Gasteiger partial charge < -0.3 is 0 Å². The van der Waals surface area contributed by atoms with Crippen molar-refractivity contribution >= 4 is 38.1 Å². The van der Waals surface area contributed by atoms with E-state index in [-0.39, 0.29) is 0 Å². The summed E-state index contributed by atoms with van der Waals surface area (Å²) in [5.74, 6) is 0. The molecular formula is C32H70OSn2. The van der Waals surface area contributed by atoms with E-state index in [1.165, 1.54) is 128 Å². The van der Waals surface area contributed by atoms with E-state index in [1.807, 2.05) is 0 Å². The normalized spacial score (nSPS) is 11.4. The van der Waals surface area contributed by atoms with Gasteiger partial charge in [0.05, 0.1) is 0 Å². The molecule has 0 bridgehead atoms.